The van der Waals surface area contributed by atoms with Crippen LogP contribution in [0.2, 0.25) is 0 Å². The Morgan fingerprint density at radius 2 is 2.25 bits per heavy atom. The molecular weight excluding hydrogens is 254 g/mol. The number of piperidine rings is 1. The lowest BCUT2D eigenvalue weighted by Crippen LogP contribution is -2.53. The number of nitrogens with zero attached hydrogens (tertiary/aromatic N) is 2. The van der Waals surface area contributed by atoms with Crippen LogP contribution in [0.15, 0.2) is 24.5 Å². The molecule has 0 radical (unpaired) electrons. The van der Waals surface area contributed by atoms with Crippen LogP contribution in [0.3, 0.4) is 0 Å². The predicted molar refractivity (Wildman–Crippen MR) is 75.2 cm³/mol. The van der Waals surface area contributed by atoms with Gasteiger partial charge in [0.2, 0.25) is 5.91 Å². The maximum Gasteiger partial charge on any atom is 0.221 e. The van der Waals surface area contributed by atoms with Gasteiger partial charge in [0.25, 0.3) is 0 Å². The molecular formula is C15H21N3O2. The van der Waals surface area contributed by atoms with Crippen molar-refractivity contribution in [3.8, 4) is 0 Å². The van der Waals surface area contributed by atoms with Gasteiger partial charge in [0.05, 0.1) is 6.61 Å². The van der Waals surface area contributed by atoms with E-state index in [2.05, 4.69) is 21.3 Å². The second-order valence-electron chi connectivity index (χ2n) is 5.81. The lowest BCUT2D eigenvalue weighted by atomic mass is 9.75. The molecule has 0 saturated carbocycles. The Morgan fingerprint density at radius 1 is 1.45 bits per heavy atom. The third-order valence-electron chi connectivity index (χ3n) is 4.70. The number of hydrogen-bond acceptors (Lipinski definition) is 4. The Kier molecular flexibility index (Phi) is 3.72. The van der Waals surface area contributed by atoms with Gasteiger partial charge in [-0.2, -0.15) is 0 Å². The lowest BCUT2D eigenvalue weighted by Gasteiger charge is -2.42. The largest absolute Gasteiger partial charge is 0.395 e. The van der Waals surface area contributed by atoms with E-state index in [1.54, 1.807) is 6.20 Å². The zero-order valence-corrected chi connectivity index (χ0v) is 11.6. The Morgan fingerprint density at radius 3 is 2.90 bits per heavy atom. The number of likely N-dealkylation sites (tertiary alicyclic amines) is 1. The number of aliphatic hydroxyl groups is 1. The fourth-order valence-electron chi connectivity index (χ4n) is 3.61. The molecule has 0 aliphatic carbocycles. The highest BCUT2D eigenvalue weighted by molar-refractivity contribution is 5.81. The van der Waals surface area contributed by atoms with Gasteiger partial charge in [-0.25, -0.2) is 0 Å². The normalized spacial score (nSPS) is 25.9. The van der Waals surface area contributed by atoms with Gasteiger partial charge in [0, 0.05) is 49.9 Å². The van der Waals surface area contributed by atoms with E-state index in [-0.39, 0.29) is 24.0 Å². The summed E-state index contributed by atoms with van der Waals surface area (Å²) in [5.74, 6) is 0.370. The van der Waals surface area contributed by atoms with Gasteiger partial charge in [0.15, 0.2) is 0 Å². The van der Waals surface area contributed by atoms with E-state index in [0.717, 1.165) is 38.0 Å². The van der Waals surface area contributed by atoms with Gasteiger partial charge in [-0.15, -0.1) is 0 Å². The van der Waals surface area contributed by atoms with E-state index < -0.39 is 0 Å². The molecule has 1 spiro atoms. The zero-order valence-electron chi connectivity index (χ0n) is 11.6. The SMILES string of the molecule is O=C1C[C@H](c2cccnc2)C2(CCN(CCO)CC2)N1. The maximum absolute atomic E-state index is 11.9. The number of hydrogen-bond donors (Lipinski definition) is 2. The first-order valence-corrected chi connectivity index (χ1v) is 7.28. The first-order valence-electron chi connectivity index (χ1n) is 7.28. The molecule has 2 fully saturated rings. The second kappa shape index (κ2) is 5.50. The Bertz CT molecular complexity index is 469. The standard InChI is InChI=1S/C15H21N3O2/c19-9-8-18-6-3-15(4-7-18)13(10-14(20)17-15)12-2-1-5-16-11-12/h1-2,5,11,13,19H,3-4,6-10H2,(H,17,20)/t13-/m1/s1. The van der Waals surface area contributed by atoms with Gasteiger partial charge in [-0.1, -0.05) is 6.07 Å². The summed E-state index contributed by atoms with van der Waals surface area (Å²) in [7, 11) is 0. The number of nitrogens with one attached hydrogen (secondary N) is 1. The molecule has 2 saturated heterocycles. The van der Waals surface area contributed by atoms with Crippen molar-refractivity contribution < 1.29 is 9.90 Å². The summed E-state index contributed by atoms with van der Waals surface area (Å²) in [5.41, 5.74) is 1.04. The number of aromatic nitrogens is 1. The van der Waals surface area contributed by atoms with Crippen LogP contribution in [0, 0.1) is 0 Å². The molecule has 1 atom stereocenters. The van der Waals surface area contributed by atoms with Crippen LogP contribution in [0.25, 0.3) is 0 Å². The van der Waals surface area contributed by atoms with Crippen molar-refractivity contribution in [1.82, 2.24) is 15.2 Å². The maximum atomic E-state index is 11.9. The molecule has 1 amide bonds. The highest BCUT2D eigenvalue weighted by Gasteiger charge is 2.48. The number of β-amino-alcohol motifs (C(OH)–C–C–N with tert-alkyl or cyclic N) is 1. The minimum Gasteiger partial charge on any atom is -0.395 e. The summed E-state index contributed by atoms with van der Waals surface area (Å²) in [6.45, 7) is 2.78. The molecule has 0 bridgehead atoms. The van der Waals surface area contributed by atoms with Gasteiger partial charge < -0.3 is 15.3 Å². The highest BCUT2D eigenvalue weighted by Crippen LogP contribution is 2.42. The van der Waals surface area contributed by atoms with E-state index in [1.807, 2.05) is 12.3 Å². The average Bonchev–Trinajstić information content (AvgIpc) is 2.79. The van der Waals surface area contributed by atoms with E-state index in [1.165, 1.54) is 0 Å². The monoisotopic (exact) mass is 275 g/mol. The molecule has 5 nitrogen and oxygen atoms in total. The quantitative estimate of drug-likeness (QED) is 0.843. The average molecular weight is 275 g/mol. The van der Waals surface area contributed by atoms with E-state index >= 15 is 0 Å². The minimum atomic E-state index is -0.119. The number of rotatable bonds is 3. The number of carbonyl (C=O) groups is 1. The van der Waals surface area contributed by atoms with Crippen molar-refractivity contribution in [2.45, 2.75) is 30.7 Å². The predicted octanol–water partition coefficient (Wildman–Crippen LogP) is 0.512. The summed E-state index contributed by atoms with van der Waals surface area (Å²) in [6, 6.07) is 4.01. The molecule has 0 unspecified atom stereocenters. The molecule has 3 rings (SSSR count). The fraction of sp³-hybridized carbons (Fsp3) is 0.600. The summed E-state index contributed by atoms with van der Waals surface area (Å²) < 4.78 is 0. The van der Waals surface area contributed by atoms with E-state index in [9.17, 15) is 4.79 Å². The van der Waals surface area contributed by atoms with Crippen molar-refractivity contribution in [3.05, 3.63) is 30.1 Å². The van der Waals surface area contributed by atoms with Crippen LogP contribution >= 0.6 is 0 Å². The summed E-state index contributed by atoms with van der Waals surface area (Å²) in [4.78, 5) is 18.4. The number of carbonyl (C=O) groups excluding carboxylic acids is 1. The van der Waals surface area contributed by atoms with Crippen molar-refractivity contribution in [2.75, 3.05) is 26.2 Å². The minimum absolute atomic E-state index is 0.119. The van der Waals surface area contributed by atoms with Gasteiger partial charge >= 0.3 is 0 Å². The Hall–Kier alpha value is -1.46. The van der Waals surface area contributed by atoms with Crippen molar-refractivity contribution >= 4 is 5.91 Å². The van der Waals surface area contributed by atoms with E-state index in [0.29, 0.717) is 6.42 Å². The van der Waals surface area contributed by atoms with Gasteiger partial charge in [-0.3, -0.25) is 9.78 Å². The Labute approximate surface area is 119 Å². The summed E-state index contributed by atoms with van der Waals surface area (Å²) in [5, 5.41) is 12.3. The molecule has 20 heavy (non-hydrogen) atoms. The number of amides is 1. The molecule has 5 heteroatoms. The summed E-state index contributed by atoms with van der Waals surface area (Å²) in [6.07, 6.45) is 6.10. The number of pyridine rings is 1. The highest BCUT2D eigenvalue weighted by atomic mass is 16.3. The fourth-order valence-corrected chi connectivity index (χ4v) is 3.61. The van der Waals surface area contributed by atoms with Crippen LogP contribution in [0.5, 0.6) is 0 Å². The van der Waals surface area contributed by atoms with Crippen molar-refractivity contribution in [1.29, 1.82) is 0 Å². The van der Waals surface area contributed by atoms with Crippen molar-refractivity contribution in [2.24, 2.45) is 0 Å². The molecule has 2 N–H and O–H groups in total. The van der Waals surface area contributed by atoms with Crippen LogP contribution in [0.4, 0.5) is 0 Å². The Balaban J connectivity index is 1.79. The summed E-state index contributed by atoms with van der Waals surface area (Å²) >= 11 is 0. The molecule has 2 aliphatic heterocycles. The first kappa shape index (κ1) is 13.5. The smallest absolute Gasteiger partial charge is 0.221 e. The van der Waals surface area contributed by atoms with Crippen LogP contribution in [-0.4, -0.2) is 52.7 Å². The van der Waals surface area contributed by atoms with E-state index in [4.69, 9.17) is 5.11 Å². The van der Waals surface area contributed by atoms with Gasteiger partial charge in [-0.05, 0) is 24.5 Å². The van der Waals surface area contributed by atoms with Crippen LogP contribution in [-0.2, 0) is 4.79 Å². The van der Waals surface area contributed by atoms with Crippen LogP contribution < -0.4 is 5.32 Å². The van der Waals surface area contributed by atoms with Gasteiger partial charge in [0.1, 0.15) is 0 Å². The molecule has 1 aromatic heterocycles. The first-order chi connectivity index (χ1) is 9.73. The molecule has 1 aromatic rings. The molecule has 2 aliphatic rings. The second-order valence-corrected chi connectivity index (χ2v) is 5.81. The van der Waals surface area contributed by atoms with Crippen molar-refractivity contribution in [3.63, 3.8) is 0 Å². The molecule has 0 aromatic carbocycles. The molecule has 3 heterocycles. The molecule has 108 valence electrons. The topological polar surface area (TPSA) is 65.5 Å². The zero-order chi connectivity index (χ0) is 14.0. The lowest BCUT2D eigenvalue weighted by molar-refractivity contribution is -0.120. The third kappa shape index (κ3) is 2.43. The van der Waals surface area contributed by atoms with Crippen LogP contribution in [0.1, 0.15) is 30.7 Å². The number of aliphatic hydroxyl groups excluding tert-OH is 1. The third-order valence-corrected chi connectivity index (χ3v) is 4.70.